The number of pyridine rings is 2. The van der Waals surface area contributed by atoms with E-state index in [9.17, 15) is 19.5 Å². The number of rotatable bonds is 14. The van der Waals surface area contributed by atoms with Crippen molar-refractivity contribution in [1.82, 2.24) is 19.8 Å². The lowest BCUT2D eigenvalue weighted by molar-refractivity contribution is -0.137. The fourth-order valence-corrected chi connectivity index (χ4v) is 4.82. The Balaban J connectivity index is 1.62. The number of carbonyl (C=O) groups is 3. The van der Waals surface area contributed by atoms with Gasteiger partial charge < -0.3 is 25.1 Å². The van der Waals surface area contributed by atoms with E-state index in [2.05, 4.69) is 25.1 Å². The van der Waals surface area contributed by atoms with E-state index in [1.54, 1.807) is 42.9 Å². The fourth-order valence-electron chi connectivity index (χ4n) is 4.82. The van der Waals surface area contributed by atoms with Crippen molar-refractivity contribution in [1.29, 1.82) is 0 Å². The summed E-state index contributed by atoms with van der Waals surface area (Å²) in [5.74, 6) is -1.49. The SMILES string of the molecule is CN(C)CCCN(C)c1ccc(-c2cccc(CN(CCC(=O)O)C(=O)c3cccnc3)c2)cc1NC(=O)c1ccncc1. The molecule has 0 radical (unpaired) electrons. The van der Waals surface area contributed by atoms with Crippen molar-refractivity contribution in [3.63, 3.8) is 0 Å². The molecule has 0 fully saturated rings. The number of aromatic nitrogens is 2. The van der Waals surface area contributed by atoms with Crippen LogP contribution in [-0.2, 0) is 11.3 Å². The van der Waals surface area contributed by atoms with Crippen LogP contribution in [0.5, 0.6) is 0 Å². The highest BCUT2D eigenvalue weighted by atomic mass is 16.4. The third kappa shape index (κ3) is 8.95. The lowest BCUT2D eigenvalue weighted by atomic mass is 10.0. The van der Waals surface area contributed by atoms with Crippen molar-refractivity contribution in [2.75, 3.05) is 51.0 Å². The molecule has 44 heavy (non-hydrogen) atoms. The minimum Gasteiger partial charge on any atom is -0.481 e. The number of carbonyl (C=O) groups excluding carboxylic acids is 2. The van der Waals surface area contributed by atoms with Gasteiger partial charge in [0, 0.05) is 57.0 Å². The Kier molecular flexibility index (Phi) is 11.1. The van der Waals surface area contributed by atoms with Crippen LogP contribution in [0.2, 0.25) is 0 Å². The molecule has 10 heteroatoms. The zero-order valence-electron chi connectivity index (χ0n) is 25.3. The molecule has 2 aromatic heterocycles. The highest BCUT2D eigenvalue weighted by Crippen LogP contribution is 2.32. The van der Waals surface area contributed by atoms with Gasteiger partial charge in [0.1, 0.15) is 0 Å². The number of carboxylic acids is 1. The van der Waals surface area contributed by atoms with Gasteiger partial charge in [0.2, 0.25) is 0 Å². The zero-order chi connectivity index (χ0) is 31.5. The number of hydrogen-bond acceptors (Lipinski definition) is 7. The van der Waals surface area contributed by atoms with Gasteiger partial charge in [-0.15, -0.1) is 0 Å². The van der Waals surface area contributed by atoms with Crippen LogP contribution < -0.4 is 10.2 Å². The van der Waals surface area contributed by atoms with Crippen molar-refractivity contribution in [2.24, 2.45) is 0 Å². The summed E-state index contributed by atoms with van der Waals surface area (Å²) in [5.41, 5.74) is 5.11. The molecule has 0 spiro atoms. The van der Waals surface area contributed by atoms with E-state index in [0.717, 1.165) is 41.9 Å². The monoisotopic (exact) mass is 594 g/mol. The standard InChI is InChI=1S/C34H38N6O4/c1-38(2)18-6-19-39(3)31-11-10-28(22-30(31)37-33(43)26-12-16-35-17-13-26)27-8-4-7-25(21-27)24-40(20-14-32(41)42)34(44)29-9-5-15-36-23-29/h4-5,7-13,15-17,21-23H,6,14,18-20,24H2,1-3H3,(H,37,43)(H,41,42). The maximum absolute atomic E-state index is 13.2. The molecule has 2 heterocycles. The van der Waals surface area contributed by atoms with Crippen LogP contribution in [0.4, 0.5) is 11.4 Å². The Bertz CT molecular complexity index is 1560. The highest BCUT2D eigenvalue weighted by molar-refractivity contribution is 6.06. The summed E-state index contributed by atoms with van der Waals surface area (Å²) in [4.78, 5) is 51.6. The van der Waals surface area contributed by atoms with E-state index >= 15 is 0 Å². The van der Waals surface area contributed by atoms with E-state index in [1.807, 2.05) is 63.6 Å². The van der Waals surface area contributed by atoms with E-state index in [-0.39, 0.29) is 31.3 Å². The second-order valence-electron chi connectivity index (χ2n) is 10.8. The molecule has 0 saturated heterocycles. The summed E-state index contributed by atoms with van der Waals surface area (Å²) in [6, 6.07) is 20.4. The largest absolute Gasteiger partial charge is 0.481 e. The second kappa shape index (κ2) is 15.4. The quantitative estimate of drug-likeness (QED) is 0.212. The molecular weight excluding hydrogens is 556 g/mol. The molecule has 0 unspecified atom stereocenters. The molecule has 2 aromatic carbocycles. The van der Waals surface area contributed by atoms with Gasteiger partial charge in [-0.3, -0.25) is 24.4 Å². The Morgan fingerprint density at radius 2 is 1.57 bits per heavy atom. The Morgan fingerprint density at radius 1 is 0.795 bits per heavy atom. The molecule has 2 amide bonds. The van der Waals surface area contributed by atoms with Crippen molar-refractivity contribution in [3.05, 3.63) is 108 Å². The molecule has 0 saturated carbocycles. The van der Waals surface area contributed by atoms with E-state index in [1.165, 1.54) is 11.1 Å². The summed E-state index contributed by atoms with van der Waals surface area (Å²) in [6.45, 7) is 2.05. The third-order valence-electron chi connectivity index (χ3n) is 7.12. The Morgan fingerprint density at radius 3 is 2.27 bits per heavy atom. The Labute approximate surface area is 258 Å². The predicted octanol–water partition coefficient (Wildman–Crippen LogP) is 4.90. The number of benzene rings is 2. The molecule has 4 rings (SSSR count). The first-order chi connectivity index (χ1) is 21.2. The van der Waals surface area contributed by atoms with E-state index < -0.39 is 5.97 Å². The van der Waals surface area contributed by atoms with E-state index in [0.29, 0.717) is 16.8 Å². The maximum atomic E-state index is 13.2. The number of amides is 2. The van der Waals surface area contributed by atoms with Crippen molar-refractivity contribution >= 4 is 29.2 Å². The van der Waals surface area contributed by atoms with Crippen LogP contribution in [-0.4, -0.2) is 83.4 Å². The van der Waals surface area contributed by atoms with Crippen molar-refractivity contribution < 1.29 is 19.5 Å². The number of nitrogens with one attached hydrogen (secondary N) is 1. The summed E-state index contributed by atoms with van der Waals surface area (Å²) in [5, 5.41) is 12.4. The number of carboxylic acid groups (broad SMARTS) is 1. The molecule has 0 aliphatic heterocycles. The topological polar surface area (TPSA) is 119 Å². The summed E-state index contributed by atoms with van der Waals surface area (Å²) in [6.07, 6.45) is 7.03. The van der Waals surface area contributed by atoms with Crippen LogP contribution in [0.25, 0.3) is 11.1 Å². The molecular formula is C34H38N6O4. The molecule has 0 aliphatic rings. The van der Waals surface area contributed by atoms with Crippen molar-refractivity contribution in [3.8, 4) is 11.1 Å². The van der Waals surface area contributed by atoms with E-state index in [4.69, 9.17) is 0 Å². The maximum Gasteiger partial charge on any atom is 0.305 e. The number of anilines is 2. The minimum absolute atomic E-state index is 0.0628. The summed E-state index contributed by atoms with van der Waals surface area (Å²) < 4.78 is 0. The number of aliphatic carboxylic acids is 1. The van der Waals surface area contributed by atoms with Crippen LogP contribution in [0, 0.1) is 0 Å². The smallest absolute Gasteiger partial charge is 0.305 e. The van der Waals surface area contributed by atoms with Gasteiger partial charge in [0.25, 0.3) is 11.8 Å². The van der Waals surface area contributed by atoms with Gasteiger partial charge in [0.05, 0.1) is 23.4 Å². The molecule has 4 aromatic rings. The molecule has 0 aliphatic carbocycles. The normalized spacial score (nSPS) is 10.8. The van der Waals surface area contributed by atoms with Crippen LogP contribution >= 0.6 is 0 Å². The first-order valence-corrected chi connectivity index (χ1v) is 14.4. The molecule has 0 bridgehead atoms. The molecule has 2 N–H and O–H groups in total. The van der Waals surface area contributed by atoms with Crippen LogP contribution in [0.15, 0.2) is 91.5 Å². The first kappa shape index (κ1) is 31.8. The number of nitrogens with zero attached hydrogens (tertiary/aromatic N) is 5. The van der Waals surface area contributed by atoms with Crippen LogP contribution in [0.3, 0.4) is 0 Å². The summed E-state index contributed by atoms with van der Waals surface area (Å²) >= 11 is 0. The first-order valence-electron chi connectivity index (χ1n) is 14.4. The highest BCUT2D eigenvalue weighted by Gasteiger charge is 2.19. The van der Waals surface area contributed by atoms with Crippen molar-refractivity contribution in [2.45, 2.75) is 19.4 Å². The second-order valence-corrected chi connectivity index (χ2v) is 10.8. The average Bonchev–Trinajstić information content (AvgIpc) is 3.03. The lowest BCUT2D eigenvalue weighted by Gasteiger charge is -2.24. The van der Waals surface area contributed by atoms with Gasteiger partial charge >= 0.3 is 5.97 Å². The fraction of sp³-hybridized carbons (Fsp3) is 0.265. The van der Waals surface area contributed by atoms with Gasteiger partial charge in [-0.1, -0.05) is 24.3 Å². The third-order valence-corrected chi connectivity index (χ3v) is 7.12. The molecule has 228 valence electrons. The minimum atomic E-state index is -0.976. The van der Waals surface area contributed by atoms with Gasteiger partial charge in [-0.2, -0.15) is 0 Å². The van der Waals surface area contributed by atoms with Gasteiger partial charge in [-0.05, 0) is 86.2 Å². The predicted molar refractivity (Wildman–Crippen MR) is 172 cm³/mol. The Hall–Kier alpha value is -5.09. The van der Waals surface area contributed by atoms with Gasteiger partial charge in [-0.25, -0.2) is 0 Å². The molecule has 10 nitrogen and oxygen atoms in total. The average molecular weight is 595 g/mol. The number of hydrogen-bond donors (Lipinski definition) is 2. The van der Waals surface area contributed by atoms with Crippen LogP contribution in [0.1, 0.15) is 39.1 Å². The molecule has 0 atom stereocenters. The zero-order valence-corrected chi connectivity index (χ0v) is 25.3. The lowest BCUT2D eigenvalue weighted by Crippen LogP contribution is -2.32. The van der Waals surface area contributed by atoms with Gasteiger partial charge in [0.15, 0.2) is 0 Å². The summed E-state index contributed by atoms with van der Waals surface area (Å²) in [7, 11) is 6.10.